The molecule has 0 aliphatic carbocycles. The highest BCUT2D eigenvalue weighted by Crippen LogP contribution is 2.36. The molecule has 1 heterocycles. The van der Waals surface area contributed by atoms with Gasteiger partial charge < -0.3 is 14.2 Å². The molecule has 194 valence electrons. The zero-order valence-corrected chi connectivity index (χ0v) is 22.5. The van der Waals surface area contributed by atoms with E-state index in [1.165, 1.54) is 36.4 Å². The molecular formula is C25H17ClIN3O8. The minimum Gasteiger partial charge on any atom is -0.490 e. The van der Waals surface area contributed by atoms with Crippen molar-refractivity contribution in [3.05, 3.63) is 106 Å². The molecule has 0 spiro atoms. The number of carbonyl (C=O) groups excluding carboxylic acids is 1. The molecule has 0 fully saturated rings. The van der Waals surface area contributed by atoms with Gasteiger partial charge in [-0.2, -0.15) is 0 Å². The number of halogens is 2. The van der Waals surface area contributed by atoms with Gasteiger partial charge in [0.25, 0.3) is 11.4 Å². The second kappa shape index (κ2) is 11.6. The topological polar surface area (TPSA) is 143 Å². The van der Waals surface area contributed by atoms with Gasteiger partial charge >= 0.3 is 5.97 Å². The van der Waals surface area contributed by atoms with Gasteiger partial charge in [-0.15, -0.1) is 0 Å². The van der Waals surface area contributed by atoms with Crippen LogP contribution in [0.5, 0.6) is 11.5 Å². The summed E-state index contributed by atoms with van der Waals surface area (Å²) >= 11 is 7.92. The molecule has 4 rings (SSSR count). The fourth-order valence-electron chi connectivity index (χ4n) is 3.47. The standard InChI is InChI=1S/C25H17ClIN3O8/c1-2-36-22-11-15(9-19(27)23(22)37-13-14-4-3-5-17(8-14)29(32)33)10-20-25(31)38-24(28-20)16-6-7-18(26)21(12-16)30(34)35/h3-12H,2,13H2,1H3/b20-10-. The van der Waals surface area contributed by atoms with E-state index in [1.54, 1.807) is 31.2 Å². The zero-order valence-electron chi connectivity index (χ0n) is 19.6. The summed E-state index contributed by atoms with van der Waals surface area (Å²) in [4.78, 5) is 37.8. The first-order valence-corrected chi connectivity index (χ1v) is 12.4. The number of non-ortho nitro benzene ring substituents is 1. The molecule has 3 aromatic rings. The molecule has 0 aromatic heterocycles. The number of rotatable bonds is 9. The minimum absolute atomic E-state index is 0.0129. The number of benzene rings is 3. The second-order valence-electron chi connectivity index (χ2n) is 7.74. The fourth-order valence-corrected chi connectivity index (χ4v) is 4.43. The van der Waals surface area contributed by atoms with E-state index in [9.17, 15) is 25.0 Å². The second-order valence-corrected chi connectivity index (χ2v) is 9.31. The molecule has 11 nitrogen and oxygen atoms in total. The van der Waals surface area contributed by atoms with Crippen molar-refractivity contribution in [2.24, 2.45) is 4.99 Å². The number of nitro groups is 2. The van der Waals surface area contributed by atoms with Crippen molar-refractivity contribution in [2.45, 2.75) is 13.5 Å². The SMILES string of the molecule is CCOc1cc(/C=C2\N=C(c3ccc(Cl)c([N+](=O)[O-])c3)OC2=O)cc(I)c1OCc1cccc([N+](=O)[O-])c1. The van der Waals surface area contributed by atoms with Crippen LogP contribution < -0.4 is 9.47 Å². The van der Waals surface area contributed by atoms with E-state index in [0.29, 0.717) is 32.8 Å². The van der Waals surface area contributed by atoms with Gasteiger partial charge in [-0.1, -0.05) is 23.7 Å². The fraction of sp³-hybridized carbons (Fsp3) is 0.120. The Hall–Kier alpha value is -4.04. The third kappa shape index (κ3) is 6.08. The number of nitro benzene ring substituents is 2. The van der Waals surface area contributed by atoms with Crippen LogP contribution >= 0.6 is 34.2 Å². The molecule has 38 heavy (non-hydrogen) atoms. The van der Waals surface area contributed by atoms with Crippen molar-refractivity contribution in [1.82, 2.24) is 0 Å². The molecule has 0 bridgehead atoms. The van der Waals surface area contributed by atoms with Crippen LogP contribution in [0, 0.1) is 23.8 Å². The number of esters is 1. The van der Waals surface area contributed by atoms with E-state index >= 15 is 0 Å². The zero-order chi connectivity index (χ0) is 27.4. The summed E-state index contributed by atoms with van der Waals surface area (Å²) in [5.41, 5.74) is 1.02. The average molecular weight is 650 g/mol. The number of carbonyl (C=O) groups is 1. The van der Waals surface area contributed by atoms with Gasteiger partial charge in [0.2, 0.25) is 5.90 Å². The van der Waals surface area contributed by atoms with Crippen LogP contribution in [0.1, 0.15) is 23.6 Å². The molecule has 0 radical (unpaired) electrons. The lowest BCUT2D eigenvalue weighted by Gasteiger charge is -2.15. The van der Waals surface area contributed by atoms with Gasteiger partial charge in [-0.05, 0) is 71.0 Å². The van der Waals surface area contributed by atoms with Crippen LogP contribution in [-0.4, -0.2) is 28.3 Å². The lowest BCUT2D eigenvalue weighted by Crippen LogP contribution is -2.06. The highest BCUT2D eigenvalue weighted by atomic mass is 127. The molecule has 0 saturated heterocycles. The Morgan fingerprint density at radius 2 is 1.87 bits per heavy atom. The summed E-state index contributed by atoms with van der Waals surface area (Å²) in [6, 6.07) is 13.5. The number of hydrogen-bond acceptors (Lipinski definition) is 9. The highest BCUT2D eigenvalue weighted by molar-refractivity contribution is 14.1. The average Bonchev–Trinajstić information content (AvgIpc) is 3.23. The van der Waals surface area contributed by atoms with E-state index in [1.807, 2.05) is 0 Å². The maximum absolute atomic E-state index is 12.5. The summed E-state index contributed by atoms with van der Waals surface area (Å²) < 4.78 is 17.6. The molecular weight excluding hydrogens is 633 g/mol. The number of aliphatic imine (C=N–C) groups is 1. The van der Waals surface area contributed by atoms with Gasteiger partial charge in [0.1, 0.15) is 11.6 Å². The smallest absolute Gasteiger partial charge is 0.363 e. The summed E-state index contributed by atoms with van der Waals surface area (Å²) in [6.07, 6.45) is 1.49. The molecule has 1 aliphatic heterocycles. The first-order valence-electron chi connectivity index (χ1n) is 11.0. The van der Waals surface area contributed by atoms with E-state index < -0.39 is 15.8 Å². The Morgan fingerprint density at radius 1 is 1.08 bits per heavy atom. The first-order chi connectivity index (χ1) is 18.2. The van der Waals surface area contributed by atoms with Gasteiger partial charge in [0.05, 0.1) is 20.0 Å². The Morgan fingerprint density at radius 3 is 2.58 bits per heavy atom. The van der Waals surface area contributed by atoms with E-state index in [-0.39, 0.29) is 40.2 Å². The van der Waals surface area contributed by atoms with E-state index in [2.05, 4.69) is 27.6 Å². The predicted octanol–water partition coefficient (Wildman–Crippen LogP) is 6.08. The largest absolute Gasteiger partial charge is 0.490 e. The molecule has 0 unspecified atom stereocenters. The maximum atomic E-state index is 12.5. The maximum Gasteiger partial charge on any atom is 0.363 e. The van der Waals surface area contributed by atoms with Crippen LogP contribution in [0.4, 0.5) is 11.4 Å². The van der Waals surface area contributed by atoms with Crippen LogP contribution in [0.25, 0.3) is 6.08 Å². The summed E-state index contributed by atoms with van der Waals surface area (Å²) in [6.45, 7) is 2.22. The lowest BCUT2D eigenvalue weighted by molar-refractivity contribution is -0.385. The van der Waals surface area contributed by atoms with Crippen molar-refractivity contribution < 1.29 is 28.9 Å². The number of ether oxygens (including phenoxy) is 3. The summed E-state index contributed by atoms with van der Waals surface area (Å²) in [5, 5.41) is 22.2. The van der Waals surface area contributed by atoms with Crippen LogP contribution in [-0.2, 0) is 16.1 Å². The van der Waals surface area contributed by atoms with Crippen molar-refractivity contribution in [2.75, 3.05) is 6.61 Å². The lowest BCUT2D eigenvalue weighted by atomic mass is 10.1. The summed E-state index contributed by atoms with van der Waals surface area (Å²) in [7, 11) is 0. The van der Waals surface area contributed by atoms with Gasteiger partial charge in [0, 0.05) is 23.8 Å². The number of cyclic esters (lactones) is 1. The van der Waals surface area contributed by atoms with Crippen molar-refractivity contribution in [3.63, 3.8) is 0 Å². The van der Waals surface area contributed by atoms with Crippen LogP contribution in [0.3, 0.4) is 0 Å². The summed E-state index contributed by atoms with van der Waals surface area (Å²) in [5.74, 6) is 0.0302. The third-order valence-corrected chi connectivity index (χ3v) is 6.27. The van der Waals surface area contributed by atoms with Crippen molar-refractivity contribution in [3.8, 4) is 11.5 Å². The Kier molecular flexibility index (Phi) is 8.22. The van der Waals surface area contributed by atoms with Crippen molar-refractivity contribution >= 4 is 63.5 Å². The highest BCUT2D eigenvalue weighted by Gasteiger charge is 2.26. The normalized spacial score (nSPS) is 13.7. The molecule has 1 aliphatic rings. The minimum atomic E-state index is -0.725. The third-order valence-electron chi connectivity index (χ3n) is 5.15. The predicted molar refractivity (Wildman–Crippen MR) is 146 cm³/mol. The number of nitrogens with zero attached hydrogens (tertiary/aromatic N) is 3. The molecule has 0 atom stereocenters. The van der Waals surface area contributed by atoms with Gasteiger partial charge in [-0.3, -0.25) is 20.2 Å². The Balaban J connectivity index is 1.61. The van der Waals surface area contributed by atoms with E-state index in [4.69, 9.17) is 25.8 Å². The Labute approximate surface area is 234 Å². The van der Waals surface area contributed by atoms with Gasteiger partial charge in [0.15, 0.2) is 17.2 Å². The molecule has 0 amide bonds. The molecule has 13 heteroatoms. The van der Waals surface area contributed by atoms with Crippen LogP contribution in [0.2, 0.25) is 5.02 Å². The molecule has 0 saturated carbocycles. The molecule has 3 aromatic carbocycles. The Bertz CT molecular complexity index is 1520. The molecule has 0 N–H and O–H groups in total. The van der Waals surface area contributed by atoms with Gasteiger partial charge in [-0.25, -0.2) is 9.79 Å². The van der Waals surface area contributed by atoms with E-state index in [0.717, 1.165) is 0 Å². The quantitative estimate of drug-likeness (QED) is 0.0892. The van der Waals surface area contributed by atoms with Crippen LogP contribution in [0.15, 0.2) is 65.3 Å². The monoisotopic (exact) mass is 649 g/mol. The number of hydrogen-bond donors (Lipinski definition) is 0. The first kappa shape index (κ1) is 27.0. The van der Waals surface area contributed by atoms with Crippen molar-refractivity contribution in [1.29, 1.82) is 0 Å².